The molecule has 1 aliphatic heterocycles. The molecule has 0 fully saturated rings. The summed E-state index contributed by atoms with van der Waals surface area (Å²) >= 11 is 0. The molecule has 2 aromatic carbocycles. The van der Waals surface area contributed by atoms with E-state index in [9.17, 15) is 14.4 Å². The largest absolute Gasteiger partial charge is 0.494 e. The summed E-state index contributed by atoms with van der Waals surface area (Å²) in [5.74, 6) is 0.110. The molecular formula is C23H27N3O5. The van der Waals surface area contributed by atoms with E-state index in [4.69, 9.17) is 9.47 Å². The predicted octanol–water partition coefficient (Wildman–Crippen LogP) is 3.20. The van der Waals surface area contributed by atoms with Crippen molar-refractivity contribution in [2.24, 2.45) is 5.92 Å². The van der Waals surface area contributed by atoms with Crippen molar-refractivity contribution >= 4 is 29.1 Å². The fraction of sp³-hybridized carbons (Fsp3) is 0.348. The molecule has 1 heterocycles. The summed E-state index contributed by atoms with van der Waals surface area (Å²) in [6.45, 7) is 7.79. The molecule has 0 saturated heterocycles. The van der Waals surface area contributed by atoms with Crippen molar-refractivity contribution in [1.29, 1.82) is 0 Å². The quantitative estimate of drug-likeness (QED) is 0.632. The van der Waals surface area contributed by atoms with Gasteiger partial charge < -0.3 is 25.4 Å². The molecule has 3 amide bonds. The van der Waals surface area contributed by atoms with Gasteiger partial charge >= 0.3 is 0 Å². The number of ether oxygens (including phenoxy) is 2. The van der Waals surface area contributed by atoms with Gasteiger partial charge in [-0.15, -0.1) is 0 Å². The maximum absolute atomic E-state index is 12.9. The molecule has 0 aliphatic carbocycles. The molecule has 8 nitrogen and oxygen atoms in total. The Morgan fingerprint density at radius 3 is 2.52 bits per heavy atom. The van der Waals surface area contributed by atoms with E-state index in [1.165, 1.54) is 0 Å². The summed E-state index contributed by atoms with van der Waals surface area (Å²) in [4.78, 5) is 37.4. The Bertz CT molecular complexity index is 972. The van der Waals surface area contributed by atoms with Gasteiger partial charge in [0.15, 0.2) is 6.10 Å². The second kappa shape index (κ2) is 9.51. The second-order valence-corrected chi connectivity index (χ2v) is 7.60. The molecule has 31 heavy (non-hydrogen) atoms. The first kappa shape index (κ1) is 22.1. The van der Waals surface area contributed by atoms with E-state index in [0.29, 0.717) is 35.0 Å². The van der Waals surface area contributed by atoms with Crippen LogP contribution in [0.3, 0.4) is 0 Å². The smallest absolute Gasteiger partial charge is 0.265 e. The van der Waals surface area contributed by atoms with Crippen molar-refractivity contribution in [2.45, 2.75) is 39.8 Å². The first-order valence-electron chi connectivity index (χ1n) is 10.2. The Hall–Kier alpha value is -3.55. The Kier molecular flexibility index (Phi) is 6.79. The first-order chi connectivity index (χ1) is 14.8. The number of nitrogens with one attached hydrogen (secondary N) is 3. The van der Waals surface area contributed by atoms with E-state index in [-0.39, 0.29) is 23.6 Å². The molecule has 164 valence electrons. The van der Waals surface area contributed by atoms with Crippen LogP contribution in [0.5, 0.6) is 11.5 Å². The van der Waals surface area contributed by atoms with Gasteiger partial charge in [0.05, 0.1) is 12.3 Å². The molecule has 1 aliphatic rings. The highest BCUT2D eigenvalue weighted by molar-refractivity contribution is 6.02. The van der Waals surface area contributed by atoms with Gasteiger partial charge in [-0.05, 0) is 62.2 Å². The number of fused-ring (bicyclic) bond motifs is 1. The van der Waals surface area contributed by atoms with Crippen LogP contribution >= 0.6 is 0 Å². The van der Waals surface area contributed by atoms with Crippen LogP contribution < -0.4 is 25.4 Å². The summed E-state index contributed by atoms with van der Waals surface area (Å²) in [7, 11) is 0. The number of carbonyl (C=O) groups is 3. The molecule has 3 N–H and O–H groups in total. The van der Waals surface area contributed by atoms with E-state index in [2.05, 4.69) is 16.0 Å². The van der Waals surface area contributed by atoms with Gasteiger partial charge in [-0.1, -0.05) is 13.8 Å². The number of carbonyl (C=O) groups excluding carboxylic acids is 3. The third-order valence-electron chi connectivity index (χ3n) is 4.84. The van der Waals surface area contributed by atoms with E-state index >= 15 is 0 Å². The molecule has 8 heteroatoms. The minimum atomic E-state index is -0.749. The summed E-state index contributed by atoms with van der Waals surface area (Å²) in [6, 6.07) is 11.0. The fourth-order valence-electron chi connectivity index (χ4n) is 3.14. The van der Waals surface area contributed by atoms with Gasteiger partial charge in [0, 0.05) is 11.3 Å². The Balaban J connectivity index is 1.69. The van der Waals surface area contributed by atoms with Crippen LogP contribution in [0.1, 0.15) is 38.1 Å². The minimum Gasteiger partial charge on any atom is -0.494 e. The monoisotopic (exact) mass is 425 g/mol. The SMILES string of the molecule is CCOc1ccc(C(=O)N[C@H](C(=O)Nc2ccc3c(c2)NC(=O)[C@H](C)O3)C(C)C)cc1. The Labute approximate surface area is 181 Å². The highest BCUT2D eigenvalue weighted by Gasteiger charge is 2.27. The van der Waals surface area contributed by atoms with Gasteiger partial charge in [-0.2, -0.15) is 0 Å². The van der Waals surface area contributed by atoms with Crippen molar-refractivity contribution < 1.29 is 23.9 Å². The summed E-state index contributed by atoms with van der Waals surface area (Å²) in [5.41, 5.74) is 1.41. The average molecular weight is 425 g/mol. The summed E-state index contributed by atoms with van der Waals surface area (Å²) < 4.78 is 10.9. The van der Waals surface area contributed by atoms with Gasteiger partial charge in [0.25, 0.3) is 11.8 Å². The number of amides is 3. The molecule has 0 saturated carbocycles. The number of hydrogen-bond acceptors (Lipinski definition) is 5. The van der Waals surface area contributed by atoms with Crippen molar-refractivity contribution in [2.75, 3.05) is 17.2 Å². The summed E-state index contributed by atoms with van der Waals surface area (Å²) in [5, 5.41) is 8.34. The molecule has 3 rings (SSSR count). The Morgan fingerprint density at radius 2 is 1.87 bits per heavy atom. The molecule has 2 aromatic rings. The minimum absolute atomic E-state index is 0.145. The standard InChI is InChI=1S/C23H27N3O5/c1-5-30-17-9-6-15(7-10-17)22(28)26-20(13(2)3)23(29)24-16-8-11-19-18(12-16)25-21(27)14(4)31-19/h6-14,20H,5H2,1-4H3,(H,24,29)(H,25,27)(H,26,28)/t14-,20-/m0/s1. The van der Waals surface area contributed by atoms with Crippen LogP contribution in [0.2, 0.25) is 0 Å². The highest BCUT2D eigenvalue weighted by Crippen LogP contribution is 2.32. The lowest BCUT2D eigenvalue weighted by atomic mass is 10.0. The van der Waals surface area contributed by atoms with Crippen LogP contribution in [-0.2, 0) is 9.59 Å². The zero-order chi connectivity index (χ0) is 22.5. The van der Waals surface area contributed by atoms with Crippen LogP contribution in [0.4, 0.5) is 11.4 Å². The lowest BCUT2D eigenvalue weighted by Crippen LogP contribution is -2.47. The fourth-order valence-corrected chi connectivity index (χ4v) is 3.14. The van der Waals surface area contributed by atoms with Gasteiger partial charge in [-0.25, -0.2) is 0 Å². The van der Waals surface area contributed by atoms with E-state index in [1.54, 1.807) is 49.4 Å². The maximum atomic E-state index is 12.9. The van der Waals surface area contributed by atoms with Gasteiger partial charge in [0.1, 0.15) is 17.5 Å². The van der Waals surface area contributed by atoms with Gasteiger partial charge in [0.2, 0.25) is 5.91 Å². The molecule has 0 aromatic heterocycles. The van der Waals surface area contributed by atoms with Crippen LogP contribution in [0.25, 0.3) is 0 Å². The third-order valence-corrected chi connectivity index (χ3v) is 4.84. The third kappa shape index (κ3) is 5.33. The van der Waals surface area contributed by atoms with Crippen LogP contribution in [0.15, 0.2) is 42.5 Å². The lowest BCUT2D eigenvalue weighted by Gasteiger charge is -2.25. The van der Waals surface area contributed by atoms with Crippen molar-refractivity contribution in [3.63, 3.8) is 0 Å². The predicted molar refractivity (Wildman–Crippen MR) is 117 cm³/mol. The molecular weight excluding hydrogens is 398 g/mol. The van der Waals surface area contributed by atoms with Crippen molar-refractivity contribution in [1.82, 2.24) is 5.32 Å². The second-order valence-electron chi connectivity index (χ2n) is 7.60. The number of benzene rings is 2. The number of hydrogen-bond donors (Lipinski definition) is 3. The molecule has 2 atom stereocenters. The van der Waals surface area contributed by atoms with Crippen LogP contribution in [-0.4, -0.2) is 36.5 Å². The molecule has 0 unspecified atom stereocenters. The number of anilines is 2. The molecule has 0 bridgehead atoms. The van der Waals surface area contributed by atoms with Crippen LogP contribution in [0, 0.1) is 5.92 Å². The van der Waals surface area contributed by atoms with E-state index < -0.39 is 12.1 Å². The zero-order valence-corrected chi connectivity index (χ0v) is 18.0. The van der Waals surface area contributed by atoms with Crippen molar-refractivity contribution in [3.05, 3.63) is 48.0 Å². The average Bonchev–Trinajstić information content (AvgIpc) is 2.73. The van der Waals surface area contributed by atoms with Gasteiger partial charge in [-0.3, -0.25) is 14.4 Å². The first-order valence-corrected chi connectivity index (χ1v) is 10.2. The number of rotatable bonds is 7. The van der Waals surface area contributed by atoms with E-state index in [0.717, 1.165) is 0 Å². The molecule has 0 radical (unpaired) electrons. The topological polar surface area (TPSA) is 106 Å². The summed E-state index contributed by atoms with van der Waals surface area (Å²) in [6.07, 6.45) is -0.573. The highest BCUT2D eigenvalue weighted by atomic mass is 16.5. The van der Waals surface area contributed by atoms with E-state index in [1.807, 2.05) is 20.8 Å². The lowest BCUT2D eigenvalue weighted by molar-refractivity contribution is -0.122. The maximum Gasteiger partial charge on any atom is 0.265 e. The normalized spacial score (nSPS) is 15.9. The van der Waals surface area contributed by atoms with Crippen molar-refractivity contribution in [3.8, 4) is 11.5 Å². The Morgan fingerprint density at radius 1 is 1.16 bits per heavy atom. The zero-order valence-electron chi connectivity index (χ0n) is 18.0. The molecule has 0 spiro atoms.